The van der Waals surface area contributed by atoms with E-state index in [0.717, 1.165) is 6.42 Å². The van der Waals surface area contributed by atoms with Gasteiger partial charge in [0.05, 0.1) is 0 Å². The lowest BCUT2D eigenvalue weighted by Crippen LogP contribution is -2.20. The summed E-state index contributed by atoms with van der Waals surface area (Å²) >= 11 is 0. The molecule has 1 aliphatic rings. The Morgan fingerprint density at radius 2 is 2.30 bits per heavy atom. The van der Waals surface area contributed by atoms with E-state index < -0.39 is 6.10 Å². The third-order valence-corrected chi connectivity index (χ3v) is 2.50. The van der Waals surface area contributed by atoms with Crippen molar-refractivity contribution in [2.24, 2.45) is 11.8 Å². The Labute approximate surface area is 62.4 Å². The molecular weight excluding hydrogens is 124 g/mol. The molecule has 0 heterocycles. The van der Waals surface area contributed by atoms with Gasteiger partial charge in [-0.25, -0.2) is 0 Å². The molecule has 1 aliphatic carbocycles. The van der Waals surface area contributed by atoms with Crippen molar-refractivity contribution >= 4 is 0 Å². The van der Waals surface area contributed by atoms with Crippen molar-refractivity contribution in [2.45, 2.75) is 32.3 Å². The zero-order valence-corrected chi connectivity index (χ0v) is 6.38. The fourth-order valence-electron chi connectivity index (χ4n) is 1.77. The van der Waals surface area contributed by atoms with Crippen LogP contribution in [0.3, 0.4) is 0 Å². The second-order valence-corrected chi connectivity index (χ2v) is 3.18. The van der Waals surface area contributed by atoms with Crippen LogP contribution >= 0.6 is 0 Å². The van der Waals surface area contributed by atoms with Gasteiger partial charge in [-0.2, -0.15) is 0 Å². The molecule has 0 aromatic rings. The largest absolute Gasteiger partial charge is 0.380 e. The van der Waals surface area contributed by atoms with Crippen LogP contribution in [0.5, 0.6) is 0 Å². The molecule has 1 rings (SSSR count). The summed E-state index contributed by atoms with van der Waals surface area (Å²) in [4.78, 5) is 0. The van der Waals surface area contributed by atoms with Crippen LogP contribution in [0.15, 0.2) is 0 Å². The number of hydrogen-bond acceptors (Lipinski definition) is 1. The highest BCUT2D eigenvalue weighted by Gasteiger charge is 2.28. The van der Waals surface area contributed by atoms with Gasteiger partial charge in [0.15, 0.2) is 0 Å². The van der Waals surface area contributed by atoms with E-state index in [0.29, 0.717) is 11.8 Å². The molecule has 1 heteroatoms. The third kappa shape index (κ3) is 1.33. The molecule has 56 valence electrons. The van der Waals surface area contributed by atoms with Crippen LogP contribution in [0.25, 0.3) is 0 Å². The van der Waals surface area contributed by atoms with E-state index in [-0.39, 0.29) is 0 Å². The lowest BCUT2D eigenvalue weighted by molar-refractivity contribution is 0.140. The van der Waals surface area contributed by atoms with E-state index in [2.05, 4.69) is 12.8 Å². The summed E-state index contributed by atoms with van der Waals surface area (Å²) in [7, 11) is 0. The van der Waals surface area contributed by atoms with Gasteiger partial charge in [0.1, 0.15) is 6.10 Å². The molecule has 1 fully saturated rings. The Kier molecular flexibility index (Phi) is 2.34. The maximum atomic E-state index is 9.29. The van der Waals surface area contributed by atoms with Gasteiger partial charge >= 0.3 is 0 Å². The van der Waals surface area contributed by atoms with Crippen LogP contribution in [0.1, 0.15) is 26.2 Å². The molecule has 1 nitrogen and oxygen atoms in total. The lowest BCUT2D eigenvalue weighted by atomic mass is 9.93. The molecule has 0 amide bonds. The summed E-state index contributed by atoms with van der Waals surface area (Å²) in [6, 6.07) is 0. The number of aliphatic hydroxyl groups is 1. The maximum Gasteiger partial charge on any atom is 0.117 e. The summed E-state index contributed by atoms with van der Waals surface area (Å²) in [5, 5.41) is 9.29. The molecule has 3 unspecified atom stereocenters. The highest BCUT2D eigenvalue weighted by molar-refractivity contribution is 4.99. The molecule has 0 bridgehead atoms. The minimum absolute atomic E-state index is 0.366. The molecule has 0 radical (unpaired) electrons. The molecule has 0 aromatic heterocycles. The van der Waals surface area contributed by atoms with Crippen LogP contribution in [0.4, 0.5) is 0 Å². The van der Waals surface area contributed by atoms with Gasteiger partial charge in [-0.3, -0.25) is 0 Å². The van der Waals surface area contributed by atoms with E-state index >= 15 is 0 Å². The summed E-state index contributed by atoms with van der Waals surface area (Å²) in [6.07, 6.45) is 8.17. The van der Waals surface area contributed by atoms with Gasteiger partial charge in [-0.15, -0.1) is 6.42 Å². The van der Waals surface area contributed by atoms with Gasteiger partial charge in [0, 0.05) is 0 Å². The number of rotatable bonds is 1. The molecule has 3 atom stereocenters. The first-order valence-corrected chi connectivity index (χ1v) is 3.90. The van der Waals surface area contributed by atoms with Crippen LogP contribution in [-0.2, 0) is 0 Å². The predicted octanol–water partition coefficient (Wildman–Crippen LogP) is 1.42. The van der Waals surface area contributed by atoms with Crippen LogP contribution in [0, 0.1) is 24.2 Å². The first-order valence-electron chi connectivity index (χ1n) is 3.90. The molecule has 10 heavy (non-hydrogen) atoms. The molecule has 0 aromatic carbocycles. The molecule has 0 spiro atoms. The van der Waals surface area contributed by atoms with E-state index in [1.54, 1.807) is 0 Å². The van der Waals surface area contributed by atoms with Crippen molar-refractivity contribution in [1.82, 2.24) is 0 Å². The lowest BCUT2D eigenvalue weighted by Gasteiger charge is -2.16. The zero-order valence-electron chi connectivity index (χ0n) is 6.38. The Morgan fingerprint density at radius 3 is 2.70 bits per heavy atom. The average molecular weight is 138 g/mol. The van der Waals surface area contributed by atoms with Crippen molar-refractivity contribution in [1.29, 1.82) is 0 Å². The molecule has 1 N–H and O–H groups in total. The van der Waals surface area contributed by atoms with Crippen LogP contribution in [-0.4, -0.2) is 11.2 Å². The summed E-state index contributed by atoms with van der Waals surface area (Å²) in [5.41, 5.74) is 0. The van der Waals surface area contributed by atoms with Gasteiger partial charge in [0.2, 0.25) is 0 Å². The quantitative estimate of drug-likeness (QED) is 0.543. The van der Waals surface area contributed by atoms with Crippen molar-refractivity contribution in [3.63, 3.8) is 0 Å². The minimum atomic E-state index is -0.502. The van der Waals surface area contributed by atoms with E-state index in [1.807, 2.05) is 0 Å². The zero-order chi connectivity index (χ0) is 7.56. The van der Waals surface area contributed by atoms with E-state index in [4.69, 9.17) is 6.42 Å². The van der Waals surface area contributed by atoms with Gasteiger partial charge in [-0.05, 0) is 18.3 Å². The monoisotopic (exact) mass is 138 g/mol. The van der Waals surface area contributed by atoms with E-state index in [9.17, 15) is 5.11 Å². The molecule has 0 saturated heterocycles. The highest BCUT2D eigenvalue weighted by Crippen LogP contribution is 2.33. The smallest absolute Gasteiger partial charge is 0.117 e. The normalized spacial score (nSPS) is 35.3. The topological polar surface area (TPSA) is 20.2 Å². The van der Waals surface area contributed by atoms with Gasteiger partial charge < -0.3 is 5.11 Å². The predicted molar refractivity (Wildman–Crippen MR) is 41.3 cm³/mol. The number of hydrogen-bond donors (Lipinski definition) is 1. The molecule has 1 saturated carbocycles. The first kappa shape index (κ1) is 7.63. The van der Waals surface area contributed by atoms with Crippen LogP contribution < -0.4 is 0 Å². The van der Waals surface area contributed by atoms with Crippen molar-refractivity contribution in [2.75, 3.05) is 0 Å². The SMILES string of the molecule is C#CC(O)C1CCCC1C. The Morgan fingerprint density at radius 1 is 1.60 bits per heavy atom. The second kappa shape index (κ2) is 3.07. The summed E-state index contributed by atoms with van der Waals surface area (Å²) in [6.45, 7) is 2.16. The van der Waals surface area contributed by atoms with Gasteiger partial charge in [0.25, 0.3) is 0 Å². The third-order valence-electron chi connectivity index (χ3n) is 2.50. The molecule has 0 aliphatic heterocycles. The molecular formula is C9H14O. The van der Waals surface area contributed by atoms with Crippen molar-refractivity contribution < 1.29 is 5.11 Å². The second-order valence-electron chi connectivity index (χ2n) is 3.18. The first-order chi connectivity index (χ1) is 4.75. The summed E-state index contributed by atoms with van der Waals surface area (Å²) < 4.78 is 0. The van der Waals surface area contributed by atoms with Crippen molar-refractivity contribution in [3.8, 4) is 12.3 Å². The van der Waals surface area contributed by atoms with Crippen molar-refractivity contribution in [3.05, 3.63) is 0 Å². The fourth-order valence-corrected chi connectivity index (χ4v) is 1.77. The Bertz CT molecular complexity index is 145. The Hall–Kier alpha value is -0.480. The standard InChI is InChI=1S/C9H14O/c1-3-9(10)8-6-4-5-7(8)2/h1,7-10H,4-6H2,2H3. The maximum absolute atomic E-state index is 9.29. The van der Waals surface area contributed by atoms with Gasteiger partial charge in [-0.1, -0.05) is 25.7 Å². The van der Waals surface area contributed by atoms with Crippen LogP contribution in [0.2, 0.25) is 0 Å². The number of terminal acetylenes is 1. The number of aliphatic hydroxyl groups excluding tert-OH is 1. The average Bonchev–Trinajstić information content (AvgIpc) is 2.34. The highest BCUT2D eigenvalue weighted by atomic mass is 16.3. The Balaban J connectivity index is 2.48. The van der Waals surface area contributed by atoms with E-state index in [1.165, 1.54) is 12.8 Å². The fraction of sp³-hybridized carbons (Fsp3) is 0.778. The minimum Gasteiger partial charge on any atom is -0.380 e. The summed E-state index contributed by atoms with van der Waals surface area (Å²) in [5.74, 6) is 3.38.